The van der Waals surface area contributed by atoms with Gasteiger partial charge in [-0.15, -0.1) is 0 Å². The van der Waals surface area contributed by atoms with Gasteiger partial charge in [0.1, 0.15) is 0 Å². The first-order valence-corrected chi connectivity index (χ1v) is 22.9. The molecule has 0 nitrogen and oxygen atoms in total. The normalized spacial score (nSPS) is 23.9. The average molecular weight is 516 g/mol. The van der Waals surface area contributed by atoms with E-state index in [9.17, 15) is 0 Å². The predicted molar refractivity (Wildman–Crippen MR) is 111 cm³/mol. The van der Waals surface area contributed by atoms with E-state index in [2.05, 4.69) is 78.9 Å². The number of hydrogen-bond acceptors (Lipinski definition) is 0. The van der Waals surface area contributed by atoms with Crippen molar-refractivity contribution in [3.05, 3.63) is 62.2 Å². The second-order valence-corrected chi connectivity index (χ2v) is 39.4. The Morgan fingerprint density at radius 3 is 1.60 bits per heavy atom. The molecule has 3 rings (SSSR count). The van der Waals surface area contributed by atoms with Crippen LogP contribution in [-0.4, -0.2) is 5.49 Å². The molecular formula is C23H33HfSi. The molecule has 1 atom stereocenters. The van der Waals surface area contributed by atoms with Crippen LogP contribution in [0.1, 0.15) is 54.4 Å². The molecule has 0 N–H and O–H groups in total. The Balaban J connectivity index is 2.35. The molecule has 0 aliphatic heterocycles. The summed E-state index contributed by atoms with van der Waals surface area (Å²) in [4.78, 5) is 0. The molecule has 0 aromatic rings. The Hall–Kier alpha value is -0.473. The zero-order valence-corrected chi connectivity index (χ0v) is 21.9. The van der Waals surface area contributed by atoms with Gasteiger partial charge in [-0.05, 0) is 0 Å². The van der Waals surface area contributed by atoms with Crippen molar-refractivity contribution in [2.45, 2.75) is 67.5 Å². The van der Waals surface area contributed by atoms with E-state index in [4.69, 9.17) is 0 Å². The number of allylic oxidation sites excluding steroid dienone is 12. The number of rotatable bonds is 3. The molecule has 0 amide bonds. The standard InChI is InChI=1S/3C7H9.C2H6Si.Hf/c3*1-6-3-4-7(2)5-6;1-3-2;/h2*5H,3H2,1-2H3;3,5,7H,1-2H3;1-2H3;. The van der Waals surface area contributed by atoms with E-state index in [1.165, 1.54) is 18.4 Å². The topological polar surface area (TPSA) is 0 Å². The van der Waals surface area contributed by atoms with Crippen LogP contribution in [0, 0.1) is 5.92 Å². The van der Waals surface area contributed by atoms with Gasteiger partial charge in [0.2, 0.25) is 0 Å². The summed E-state index contributed by atoms with van der Waals surface area (Å²) in [5, 5.41) is 0. The summed E-state index contributed by atoms with van der Waals surface area (Å²) >= 11 is -3.01. The van der Waals surface area contributed by atoms with Crippen molar-refractivity contribution >= 4 is 5.49 Å². The first-order valence-electron chi connectivity index (χ1n) is 9.63. The van der Waals surface area contributed by atoms with Crippen molar-refractivity contribution in [2.75, 3.05) is 0 Å². The van der Waals surface area contributed by atoms with E-state index in [0.717, 1.165) is 0 Å². The van der Waals surface area contributed by atoms with Crippen molar-refractivity contribution in [3.8, 4) is 0 Å². The van der Waals surface area contributed by atoms with Crippen LogP contribution >= 0.6 is 0 Å². The van der Waals surface area contributed by atoms with Crippen LogP contribution in [0.15, 0.2) is 62.2 Å². The fraction of sp³-hybridized carbons (Fsp3) is 0.478. The second-order valence-electron chi connectivity index (χ2n) is 8.71. The molecular weight excluding hydrogens is 483 g/mol. The first-order chi connectivity index (χ1) is 11.7. The van der Waals surface area contributed by atoms with Gasteiger partial charge in [0.25, 0.3) is 0 Å². The number of hydrogen-bond donors (Lipinski definition) is 0. The van der Waals surface area contributed by atoms with Gasteiger partial charge in [-0.1, -0.05) is 0 Å². The van der Waals surface area contributed by atoms with E-state index in [1.54, 1.807) is 22.3 Å². The van der Waals surface area contributed by atoms with Gasteiger partial charge < -0.3 is 0 Å². The zero-order chi connectivity index (χ0) is 18.5. The Morgan fingerprint density at radius 1 is 0.840 bits per heavy atom. The van der Waals surface area contributed by atoms with Gasteiger partial charge in [0.05, 0.1) is 0 Å². The van der Waals surface area contributed by atoms with Crippen LogP contribution < -0.4 is 0 Å². The molecule has 0 saturated carbocycles. The second kappa shape index (κ2) is 6.92. The molecule has 0 saturated heterocycles. The van der Waals surface area contributed by atoms with Crippen molar-refractivity contribution in [3.63, 3.8) is 0 Å². The predicted octanol–water partition coefficient (Wildman–Crippen LogP) is 7.12. The maximum atomic E-state index is 2.63. The summed E-state index contributed by atoms with van der Waals surface area (Å²) in [6, 6.07) is 0. The molecule has 25 heavy (non-hydrogen) atoms. The van der Waals surface area contributed by atoms with Gasteiger partial charge >= 0.3 is 160 Å². The van der Waals surface area contributed by atoms with E-state index < -0.39 is 24.1 Å². The summed E-state index contributed by atoms with van der Waals surface area (Å²) in [7, 11) is 0. The maximum absolute atomic E-state index is 3.01. The molecule has 2 heteroatoms. The van der Waals surface area contributed by atoms with Crippen LogP contribution in [-0.2, 0) is 18.6 Å². The summed E-state index contributed by atoms with van der Waals surface area (Å²) in [6.07, 6.45) is 12.6. The molecule has 3 aliphatic rings. The summed E-state index contributed by atoms with van der Waals surface area (Å²) in [5.41, 5.74) is 7.49. The molecule has 0 aromatic heterocycles. The van der Waals surface area contributed by atoms with E-state index in [1.807, 2.05) is 9.99 Å². The van der Waals surface area contributed by atoms with Crippen molar-refractivity contribution < 1.29 is 18.6 Å². The molecule has 0 bridgehead atoms. The Bertz CT molecular complexity index is 831. The van der Waals surface area contributed by atoms with Crippen LogP contribution in [0.4, 0.5) is 0 Å². The fourth-order valence-electron chi connectivity index (χ4n) is 5.49. The Morgan fingerprint density at radius 2 is 1.32 bits per heavy atom. The SMILES string of the molecule is CC1=CC(C)[C]([Hf]([C]2=C(C)C=C(C)C2)([C]2=C(C)C=C(C)C2)=[Si](C)C)=C1. The third-order valence-corrected chi connectivity index (χ3v) is 47.1. The van der Waals surface area contributed by atoms with Gasteiger partial charge in [0.15, 0.2) is 0 Å². The van der Waals surface area contributed by atoms with E-state index in [0.29, 0.717) is 5.92 Å². The Labute approximate surface area is 159 Å². The molecule has 1 unspecified atom stereocenters. The molecule has 0 heterocycles. The fourth-order valence-corrected chi connectivity index (χ4v) is 50.5. The van der Waals surface area contributed by atoms with Crippen LogP contribution in [0.2, 0.25) is 13.1 Å². The molecule has 0 aromatic carbocycles. The quantitative estimate of drug-likeness (QED) is 0.351. The van der Waals surface area contributed by atoms with Crippen molar-refractivity contribution in [2.24, 2.45) is 5.92 Å². The average Bonchev–Trinajstić information content (AvgIpc) is 3.11. The monoisotopic (exact) mass is 517 g/mol. The van der Waals surface area contributed by atoms with Crippen LogP contribution in [0.5, 0.6) is 0 Å². The van der Waals surface area contributed by atoms with Gasteiger partial charge in [-0.2, -0.15) is 0 Å². The third-order valence-electron chi connectivity index (χ3n) is 6.26. The van der Waals surface area contributed by atoms with E-state index >= 15 is 0 Å². The van der Waals surface area contributed by atoms with Crippen molar-refractivity contribution in [1.29, 1.82) is 0 Å². The molecule has 133 valence electrons. The van der Waals surface area contributed by atoms with Gasteiger partial charge in [0, 0.05) is 0 Å². The summed E-state index contributed by atoms with van der Waals surface area (Å²) < 4.78 is 5.73. The molecule has 0 spiro atoms. The molecule has 3 aliphatic carbocycles. The van der Waals surface area contributed by atoms with Crippen molar-refractivity contribution in [1.82, 2.24) is 0 Å². The van der Waals surface area contributed by atoms with E-state index in [-0.39, 0.29) is 0 Å². The minimum absolute atomic E-state index is 0.410. The Kier molecular flexibility index (Phi) is 5.34. The summed E-state index contributed by atoms with van der Waals surface area (Å²) in [5.74, 6) is 0.643. The van der Waals surface area contributed by atoms with Crippen LogP contribution in [0.3, 0.4) is 0 Å². The van der Waals surface area contributed by atoms with Crippen LogP contribution in [0.25, 0.3) is 0 Å². The minimum atomic E-state index is -3.01. The third kappa shape index (κ3) is 3.08. The zero-order valence-electron chi connectivity index (χ0n) is 17.3. The van der Waals surface area contributed by atoms with Gasteiger partial charge in [-0.25, -0.2) is 0 Å². The van der Waals surface area contributed by atoms with Gasteiger partial charge in [-0.3, -0.25) is 0 Å². The molecule has 0 radical (unpaired) electrons. The first kappa shape index (κ1) is 19.3. The summed E-state index contributed by atoms with van der Waals surface area (Å²) in [6.45, 7) is 19.5. The molecule has 0 fully saturated rings.